The molecule has 0 heterocycles. The number of anilines is 2. The van der Waals surface area contributed by atoms with Crippen molar-refractivity contribution in [3.63, 3.8) is 0 Å². The average Bonchev–Trinajstić information content (AvgIpc) is 2.58. The topological polar surface area (TPSA) is 83.6 Å². The molecule has 0 aliphatic rings. The summed E-state index contributed by atoms with van der Waals surface area (Å²) in [5, 5.41) is 0. The van der Waals surface area contributed by atoms with E-state index in [0.29, 0.717) is 24.3 Å². The highest BCUT2D eigenvalue weighted by atomic mass is 32.2. The van der Waals surface area contributed by atoms with E-state index < -0.39 is 19.9 Å². The lowest BCUT2D eigenvalue weighted by Gasteiger charge is -2.25. The Kier molecular flexibility index (Phi) is 5.98. The molecule has 0 aliphatic carbocycles. The third-order valence-electron chi connectivity index (χ3n) is 4.12. The van der Waals surface area contributed by atoms with Gasteiger partial charge < -0.3 is 4.90 Å². The molecule has 2 rings (SSSR count). The molecular formula is C18H24N2O4S2. The molecule has 0 unspecified atom stereocenters. The summed E-state index contributed by atoms with van der Waals surface area (Å²) < 4.78 is 51.9. The summed E-state index contributed by atoms with van der Waals surface area (Å²) in [6.07, 6.45) is 1.04. The number of hydrogen-bond donors (Lipinski definition) is 1. The molecule has 0 aromatic heterocycles. The fourth-order valence-corrected chi connectivity index (χ4v) is 4.70. The number of rotatable bonds is 7. The maximum Gasteiger partial charge on any atom is 0.229 e. The largest absolute Gasteiger partial charge is 0.372 e. The van der Waals surface area contributed by atoms with Crippen LogP contribution in [0.5, 0.6) is 0 Å². The van der Waals surface area contributed by atoms with Gasteiger partial charge in [-0.25, -0.2) is 16.8 Å². The minimum Gasteiger partial charge on any atom is -0.372 e. The Morgan fingerprint density at radius 1 is 0.923 bits per heavy atom. The number of benzene rings is 2. The second-order valence-corrected chi connectivity index (χ2v) is 9.68. The zero-order valence-electron chi connectivity index (χ0n) is 15.4. The van der Waals surface area contributed by atoms with Crippen LogP contribution in [0.2, 0.25) is 0 Å². The molecule has 0 radical (unpaired) electrons. The number of sulfone groups is 1. The Bertz CT molecular complexity index is 981. The van der Waals surface area contributed by atoms with Gasteiger partial charge in [0.2, 0.25) is 19.9 Å². The molecule has 8 heteroatoms. The zero-order chi connectivity index (χ0) is 19.5. The SMILES string of the molecule is CCN(CC)c1cc(S(=O)(=O)c2ccccc2)cc(NS(C)(=O)=O)c1C. The lowest BCUT2D eigenvalue weighted by atomic mass is 10.1. The van der Waals surface area contributed by atoms with Crippen LogP contribution in [0.3, 0.4) is 0 Å². The molecule has 2 aromatic rings. The highest BCUT2D eigenvalue weighted by molar-refractivity contribution is 7.92. The first-order valence-corrected chi connectivity index (χ1v) is 11.6. The predicted molar refractivity (Wildman–Crippen MR) is 105 cm³/mol. The van der Waals surface area contributed by atoms with Gasteiger partial charge in [0, 0.05) is 18.8 Å². The van der Waals surface area contributed by atoms with Crippen molar-refractivity contribution in [3.05, 3.63) is 48.0 Å². The summed E-state index contributed by atoms with van der Waals surface area (Å²) in [7, 11) is -7.31. The van der Waals surface area contributed by atoms with E-state index >= 15 is 0 Å². The van der Waals surface area contributed by atoms with E-state index in [2.05, 4.69) is 4.72 Å². The van der Waals surface area contributed by atoms with Crippen molar-refractivity contribution in [2.24, 2.45) is 0 Å². The Morgan fingerprint density at radius 3 is 2.00 bits per heavy atom. The maximum atomic E-state index is 13.0. The lowest BCUT2D eigenvalue weighted by Crippen LogP contribution is -2.24. The van der Waals surface area contributed by atoms with Crippen LogP contribution in [0.25, 0.3) is 0 Å². The van der Waals surface area contributed by atoms with E-state index in [4.69, 9.17) is 0 Å². The van der Waals surface area contributed by atoms with Gasteiger partial charge in [0.25, 0.3) is 0 Å². The summed E-state index contributed by atoms with van der Waals surface area (Å²) in [6, 6.07) is 11.1. The summed E-state index contributed by atoms with van der Waals surface area (Å²) in [5.74, 6) is 0. The van der Waals surface area contributed by atoms with Crippen LogP contribution < -0.4 is 9.62 Å². The molecule has 1 N–H and O–H groups in total. The molecule has 2 aromatic carbocycles. The smallest absolute Gasteiger partial charge is 0.229 e. The molecule has 0 amide bonds. The molecule has 0 bridgehead atoms. The molecule has 0 saturated heterocycles. The second kappa shape index (κ2) is 7.67. The number of nitrogens with one attached hydrogen (secondary N) is 1. The Labute approximate surface area is 155 Å². The molecular weight excluding hydrogens is 372 g/mol. The average molecular weight is 397 g/mol. The molecule has 142 valence electrons. The van der Waals surface area contributed by atoms with Crippen molar-refractivity contribution in [1.82, 2.24) is 0 Å². The molecule has 0 aliphatic heterocycles. The quantitative estimate of drug-likeness (QED) is 0.778. The van der Waals surface area contributed by atoms with Crippen molar-refractivity contribution < 1.29 is 16.8 Å². The summed E-state index contributed by atoms with van der Waals surface area (Å²) in [5.41, 5.74) is 1.65. The van der Waals surface area contributed by atoms with Gasteiger partial charge in [-0.2, -0.15) is 0 Å². The third-order valence-corrected chi connectivity index (χ3v) is 6.46. The Morgan fingerprint density at radius 2 is 1.50 bits per heavy atom. The van der Waals surface area contributed by atoms with Crippen LogP contribution in [-0.4, -0.2) is 36.2 Å². The summed E-state index contributed by atoms with van der Waals surface area (Å²) in [6.45, 7) is 7.05. The first-order chi connectivity index (χ1) is 12.1. The molecule has 26 heavy (non-hydrogen) atoms. The van der Waals surface area contributed by atoms with E-state index in [1.54, 1.807) is 31.2 Å². The van der Waals surface area contributed by atoms with Crippen molar-refractivity contribution in [3.8, 4) is 0 Å². The molecule has 0 spiro atoms. The van der Waals surface area contributed by atoms with Crippen molar-refractivity contribution >= 4 is 31.2 Å². The van der Waals surface area contributed by atoms with Crippen LogP contribution >= 0.6 is 0 Å². The van der Waals surface area contributed by atoms with Crippen LogP contribution in [0, 0.1) is 6.92 Å². The minimum absolute atomic E-state index is 0.0577. The van der Waals surface area contributed by atoms with E-state index in [0.717, 1.165) is 6.26 Å². The molecule has 0 atom stereocenters. The van der Waals surface area contributed by atoms with Crippen LogP contribution in [-0.2, 0) is 19.9 Å². The van der Waals surface area contributed by atoms with Gasteiger partial charge in [-0.15, -0.1) is 0 Å². The number of hydrogen-bond acceptors (Lipinski definition) is 5. The standard InChI is InChI=1S/C18H24N2O4S2/c1-5-20(6-2)18-13-16(12-17(14(18)3)19-25(4,21)22)26(23,24)15-10-8-7-9-11-15/h7-13,19H,5-6H2,1-4H3. The summed E-state index contributed by atoms with van der Waals surface area (Å²) >= 11 is 0. The third kappa shape index (κ3) is 4.37. The predicted octanol–water partition coefficient (Wildman–Crippen LogP) is 3.05. The highest BCUT2D eigenvalue weighted by Crippen LogP contribution is 2.33. The van der Waals surface area contributed by atoms with Gasteiger partial charge in [-0.05, 0) is 50.6 Å². The first kappa shape index (κ1) is 20.3. The first-order valence-electron chi connectivity index (χ1n) is 8.27. The van der Waals surface area contributed by atoms with E-state index in [1.165, 1.54) is 18.2 Å². The van der Waals surface area contributed by atoms with Crippen molar-refractivity contribution in [2.45, 2.75) is 30.6 Å². The van der Waals surface area contributed by atoms with Gasteiger partial charge in [0.05, 0.1) is 21.7 Å². The van der Waals surface area contributed by atoms with Gasteiger partial charge >= 0.3 is 0 Å². The van der Waals surface area contributed by atoms with Gasteiger partial charge in [0.1, 0.15) is 0 Å². The van der Waals surface area contributed by atoms with Crippen LogP contribution in [0.1, 0.15) is 19.4 Å². The van der Waals surface area contributed by atoms with Gasteiger partial charge in [0.15, 0.2) is 0 Å². The zero-order valence-corrected chi connectivity index (χ0v) is 17.0. The van der Waals surface area contributed by atoms with E-state index in [-0.39, 0.29) is 15.5 Å². The Hall–Kier alpha value is -2.06. The van der Waals surface area contributed by atoms with Crippen LogP contribution in [0.15, 0.2) is 52.3 Å². The fourth-order valence-electron chi connectivity index (χ4n) is 2.76. The molecule has 0 saturated carbocycles. The van der Waals surface area contributed by atoms with Gasteiger partial charge in [-0.3, -0.25) is 4.72 Å². The van der Waals surface area contributed by atoms with Crippen molar-refractivity contribution in [1.29, 1.82) is 0 Å². The Balaban J connectivity index is 2.74. The molecule has 6 nitrogen and oxygen atoms in total. The molecule has 0 fully saturated rings. The highest BCUT2D eigenvalue weighted by Gasteiger charge is 2.22. The van der Waals surface area contributed by atoms with Gasteiger partial charge in [-0.1, -0.05) is 18.2 Å². The van der Waals surface area contributed by atoms with E-state index in [1.807, 2.05) is 18.7 Å². The summed E-state index contributed by atoms with van der Waals surface area (Å²) in [4.78, 5) is 2.22. The maximum absolute atomic E-state index is 13.0. The lowest BCUT2D eigenvalue weighted by molar-refractivity contribution is 0.595. The van der Waals surface area contributed by atoms with Crippen molar-refractivity contribution in [2.75, 3.05) is 29.0 Å². The van der Waals surface area contributed by atoms with E-state index in [9.17, 15) is 16.8 Å². The number of nitrogens with zero attached hydrogens (tertiary/aromatic N) is 1. The van der Waals surface area contributed by atoms with Crippen LogP contribution in [0.4, 0.5) is 11.4 Å². The second-order valence-electron chi connectivity index (χ2n) is 5.98. The number of sulfonamides is 1. The fraction of sp³-hybridized carbons (Fsp3) is 0.333. The minimum atomic E-state index is -3.77. The monoisotopic (exact) mass is 396 g/mol. The normalized spacial score (nSPS) is 12.0.